The van der Waals surface area contributed by atoms with Crippen LogP contribution in [0.3, 0.4) is 0 Å². The first-order chi connectivity index (χ1) is 13.1. The standard InChI is InChI=1S/C19H14ClN3O3S/c1-25-17-7-6-11(8-13(17)20)15-10-27-19(21-15)22-18(24)9-14-12-4-2-3-5-16(12)26-23-14/h2-8,10H,9H2,1H3,(H,21,22,24). The van der Waals surface area contributed by atoms with Gasteiger partial charge in [-0.3, -0.25) is 4.79 Å². The highest BCUT2D eigenvalue weighted by Gasteiger charge is 2.14. The monoisotopic (exact) mass is 399 g/mol. The number of rotatable bonds is 5. The van der Waals surface area contributed by atoms with Crippen molar-refractivity contribution in [1.29, 1.82) is 0 Å². The van der Waals surface area contributed by atoms with Crippen LogP contribution >= 0.6 is 22.9 Å². The van der Waals surface area contributed by atoms with Crippen molar-refractivity contribution >= 4 is 44.9 Å². The van der Waals surface area contributed by atoms with E-state index in [1.165, 1.54) is 11.3 Å². The van der Waals surface area contributed by atoms with E-state index in [1.54, 1.807) is 19.2 Å². The van der Waals surface area contributed by atoms with Gasteiger partial charge in [0.2, 0.25) is 5.91 Å². The predicted molar refractivity (Wildman–Crippen MR) is 105 cm³/mol. The van der Waals surface area contributed by atoms with Crippen molar-refractivity contribution in [3.05, 3.63) is 58.6 Å². The van der Waals surface area contributed by atoms with Crippen LogP contribution in [0.5, 0.6) is 5.75 Å². The van der Waals surface area contributed by atoms with E-state index in [9.17, 15) is 4.79 Å². The Morgan fingerprint density at radius 3 is 2.96 bits per heavy atom. The van der Waals surface area contributed by atoms with Crippen molar-refractivity contribution in [3.8, 4) is 17.0 Å². The number of para-hydroxylation sites is 1. The molecule has 4 aromatic rings. The largest absolute Gasteiger partial charge is 0.495 e. The van der Waals surface area contributed by atoms with Gasteiger partial charge in [-0.25, -0.2) is 4.98 Å². The van der Waals surface area contributed by atoms with E-state index in [1.807, 2.05) is 35.7 Å². The molecule has 0 radical (unpaired) electrons. The first kappa shape index (κ1) is 17.5. The highest BCUT2D eigenvalue weighted by molar-refractivity contribution is 7.14. The summed E-state index contributed by atoms with van der Waals surface area (Å²) in [6.07, 6.45) is 0.111. The molecule has 4 rings (SSSR count). The van der Waals surface area contributed by atoms with Crippen LogP contribution in [0.25, 0.3) is 22.2 Å². The number of aromatic nitrogens is 2. The van der Waals surface area contributed by atoms with E-state index in [2.05, 4.69) is 15.5 Å². The molecular weight excluding hydrogens is 386 g/mol. The Morgan fingerprint density at radius 1 is 1.30 bits per heavy atom. The zero-order chi connectivity index (χ0) is 18.8. The molecule has 0 fully saturated rings. The topological polar surface area (TPSA) is 77.2 Å². The number of carbonyl (C=O) groups is 1. The number of halogens is 1. The number of nitrogens with one attached hydrogen (secondary N) is 1. The van der Waals surface area contributed by atoms with Gasteiger partial charge in [0.25, 0.3) is 0 Å². The predicted octanol–water partition coefficient (Wildman–Crippen LogP) is 4.79. The van der Waals surface area contributed by atoms with Gasteiger partial charge in [-0.2, -0.15) is 0 Å². The number of ether oxygens (including phenoxy) is 1. The fraction of sp³-hybridized carbons (Fsp3) is 0.105. The van der Waals surface area contributed by atoms with Crippen LogP contribution in [0.1, 0.15) is 5.69 Å². The highest BCUT2D eigenvalue weighted by Crippen LogP contribution is 2.31. The summed E-state index contributed by atoms with van der Waals surface area (Å²) < 4.78 is 10.4. The number of thiazole rings is 1. The van der Waals surface area contributed by atoms with Crippen molar-refractivity contribution in [2.45, 2.75) is 6.42 Å². The number of carbonyl (C=O) groups excluding carboxylic acids is 1. The van der Waals surface area contributed by atoms with E-state index < -0.39 is 0 Å². The van der Waals surface area contributed by atoms with E-state index in [-0.39, 0.29) is 12.3 Å². The molecule has 2 aromatic heterocycles. The normalized spacial score (nSPS) is 10.9. The lowest BCUT2D eigenvalue weighted by molar-refractivity contribution is -0.115. The molecule has 0 saturated heterocycles. The highest BCUT2D eigenvalue weighted by atomic mass is 35.5. The van der Waals surface area contributed by atoms with E-state index in [4.69, 9.17) is 20.9 Å². The van der Waals surface area contributed by atoms with Crippen LogP contribution in [-0.2, 0) is 11.2 Å². The molecule has 0 aliphatic rings. The third-order valence-electron chi connectivity index (χ3n) is 3.98. The SMILES string of the molecule is COc1ccc(-c2csc(NC(=O)Cc3noc4ccccc34)n2)cc1Cl. The van der Waals surface area contributed by atoms with E-state index >= 15 is 0 Å². The fourth-order valence-corrected chi connectivity index (χ4v) is 3.66. The first-order valence-corrected chi connectivity index (χ1v) is 9.32. The summed E-state index contributed by atoms with van der Waals surface area (Å²) in [5, 5.41) is 10.5. The Morgan fingerprint density at radius 2 is 2.15 bits per heavy atom. The van der Waals surface area contributed by atoms with Gasteiger partial charge >= 0.3 is 0 Å². The van der Waals surface area contributed by atoms with Gasteiger partial charge in [-0.05, 0) is 30.3 Å². The second-order valence-electron chi connectivity index (χ2n) is 5.74. The number of anilines is 1. The number of benzene rings is 2. The minimum absolute atomic E-state index is 0.111. The van der Waals surface area contributed by atoms with Gasteiger partial charge in [0.15, 0.2) is 10.7 Å². The van der Waals surface area contributed by atoms with Crippen LogP contribution in [0.2, 0.25) is 5.02 Å². The molecule has 1 N–H and O–H groups in total. The Labute approximate surface area is 163 Å². The zero-order valence-corrected chi connectivity index (χ0v) is 15.8. The lowest BCUT2D eigenvalue weighted by Crippen LogP contribution is -2.14. The summed E-state index contributed by atoms with van der Waals surface area (Å²) >= 11 is 7.51. The van der Waals surface area contributed by atoms with Crippen molar-refractivity contribution in [1.82, 2.24) is 10.1 Å². The number of nitrogens with zero attached hydrogens (tertiary/aromatic N) is 2. The maximum absolute atomic E-state index is 12.3. The lowest BCUT2D eigenvalue weighted by Gasteiger charge is -2.04. The number of methoxy groups -OCH3 is 1. The molecular formula is C19H14ClN3O3S. The second kappa shape index (κ2) is 7.38. The van der Waals surface area contributed by atoms with Crippen LogP contribution in [0.15, 0.2) is 52.4 Å². The quantitative estimate of drug-likeness (QED) is 0.521. The van der Waals surface area contributed by atoms with Crippen LogP contribution < -0.4 is 10.1 Å². The summed E-state index contributed by atoms with van der Waals surface area (Å²) in [7, 11) is 1.56. The molecule has 0 atom stereocenters. The van der Waals surface area contributed by atoms with Gasteiger partial charge in [0.05, 0.1) is 24.2 Å². The molecule has 0 spiro atoms. The Hall–Kier alpha value is -2.90. The molecule has 0 unspecified atom stereocenters. The molecule has 2 aromatic carbocycles. The van der Waals surface area contributed by atoms with Gasteiger partial charge < -0.3 is 14.6 Å². The van der Waals surface area contributed by atoms with Crippen molar-refractivity contribution < 1.29 is 14.1 Å². The summed E-state index contributed by atoms with van der Waals surface area (Å²) in [4.78, 5) is 16.8. The van der Waals surface area contributed by atoms with Crippen LogP contribution in [0, 0.1) is 0 Å². The van der Waals surface area contributed by atoms with Crippen molar-refractivity contribution in [3.63, 3.8) is 0 Å². The molecule has 6 nitrogen and oxygen atoms in total. The van der Waals surface area contributed by atoms with E-state index in [0.717, 1.165) is 16.6 Å². The van der Waals surface area contributed by atoms with Crippen LogP contribution in [-0.4, -0.2) is 23.2 Å². The Kier molecular flexibility index (Phi) is 4.79. The molecule has 8 heteroatoms. The molecule has 0 bridgehead atoms. The summed E-state index contributed by atoms with van der Waals surface area (Å²) in [6, 6.07) is 12.9. The maximum Gasteiger partial charge on any atom is 0.232 e. The molecule has 1 amide bonds. The summed E-state index contributed by atoms with van der Waals surface area (Å²) in [6.45, 7) is 0. The maximum atomic E-state index is 12.3. The Balaban J connectivity index is 1.47. The van der Waals surface area contributed by atoms with Gasteiger partial charge in [0.1, 0.15) is 11.4 Å². The molecule has 0 aliphatic heterocycles. The van der Waals surface area contributed by atoms with Crippen molar-refractivity contribution in [2.24, 2.45) is 0 Å². The van der Waals surface area contributed by atoms with Gasteiger partial charge in [-0.15, -0.1) is 11.3 Å². The minimum atomic E-state index is -0.206. The second-order valence-corrected chi connectivity index (χ2v) is 7.00. The molecule has 0 aliphatic carbocycles. The average Bonchev–Trinajstić information content (AvgIpc) is 3.29. The summed E-state index contributed by atoms with van der Waals surface area (Å²) in [5.74, 6) is 0.395. The van der Waals surface area contributed by atoms with Crippen LogP contribution in [0.4, 0.5) is 5.13 Å². The number of hydrogen-bond donors (Lipinski definition) is 1. The number of hydrogen-bond acceptors (Lipinski definition) is 6. The van der Waals surface area contributed by atoms with Crippen molar-refractivity contribution in [2.75, 3.05) is 12.4 Å². The lowest BCUT2D eigenvalue weighted by atomic mass is 10.1. The summed E-state index contributed by atoms with van der Waals surface area (Å²) in [5.41, 5.74) is 2.84. The third-order valence-corrected chi connectivity index (χ3v) is 5.03. The van der Waals surface area contributed by atoms with Gasteiger partial charge in [0, 0.05) is 16.3 Å². The minimum Gasteiger partial charge on any atom is -0.495 e. The van der Waals surface area contributed by atoms with E-state index in [0.29, 0.717) is 27.2 Å². The average molecular weight is 400 g/mol. The molecule has 136 valence electrons. The first-order valence-electron chi connectivity index (χ1n) is 8.06. The number of fused-ring (bicyclic) bond motifs is 1. The molecule has 0 saturated carbocycles. The van der Waals surface area contributed by atoms with Gasteiger partial charge in [-0.1, -0.05) is 28.9 Å². The number of amides is 1. The zero-order valence-electron chi connectivity index (χ0n) is 14.2. The smallest absolute Gasteiger partial charge is 0.232 e. The Bertz CT molecular complexity index is 1120. The molecule has 2 heterocycles. The third kappa shape index (κ3) is 3.65. The molecule has 27 heavy (non-hydrogen) atoms. The fourth-order valence-electron chi connectivity index (χ4n) is 2.67.